The third-order valence-corrected chi connectivity index (χ3v) is 12.4. The summed E-state index contributed by atoms with van der Waals surface area (Å²) in [6, 6.07) is 4.43. The average molecular weight is 655 g/mol. The van der Waals surface area contributed by atoms with Crippen LogP contribution in [0, 0.1) is 0 Å². The van der Waals surface area contributed by atoms with Gasteiger partial charge >= 0.3 is 0 Å². The van der Waals surface area contributed by atoms with Crippen molar-refractivity contribution in [2.45, 2.75) is 108 Å². The van der Waals surface area contributed by atoms with Gasteiger partial charge in [-0.1, -0.05) is 48.9 Å². The summed E-state index contributed by atoms with van der Waals surface area (Å²) in [6.45, 7) is 18.8. The number of nitrogens with zero attached hydrogens (tertiary/aromatic N) is 4. The highest BCUT2D eigenvalue weighted by Gasteiger charge is 2.49. The first kappa shape index (κ1) is 32.7. The van der Waals surface area contributed by atoms with E-state index in [-0.39, 0.29) is 35.5 Å². The number of aryl methyl sites for hydroxylation is 1. The lowest BCUT2D eigenvalue weighted by Crippen LogP contribution is -2.45. The molecule has 0 spiro atoms. The van der Waals surface area contributed by atoms with E-state index in [4.69, 9.17) is 15.2 Å². The predicted octanol–water partition coefficient (Wildman–Crippen LogP) is 6.90. The van der Waals surface area contributed by atoms with Crippen LogP contribution in [0.3, 0.4) is 0 Å². The van der Waals surface area contributed by atoms with E-state index < -0.39 is 33.1 Å². The maximum Gasteiger partial charge on any atom is 0.259 e. The molecule has 4 rings (SSSR count). The second-order valence-corrected chi connectivity index (χ2v) is 16.6. The van der Waals surface area contributed by atoms with E-state index in [0.717, 1.165) is 21.5 Å². The molecule has 1 aromatic heterocycles. The normalized spacial score (nSPS) is 24.1. The third-order valence-electron chi connectivity index (χ3n) is 6.83. The number of amides is 1. The Labute approximate surface area is 265 Å². The first-order valence-corrected chi connectivity index (χ1v) is 17.7. The van der Waals surface area contributed by atoms with Gasteiger partial charge in [0.2, 0.25) is 0 Å². The molecule has 3 heterocycles. The second-order valence-electron chi connectivity index (χ2n) is 12.2. The van der Waals surface area contributed by atoms with E-state index in [1.807, 2.05) is 28.7 Å². The van der Waals surface area contributed by atoms with Crippen molar-refractivity contribution >= 4 is 47.1 Å². The number of carbonyl (C=O) groups excluding carboxylic acids is 1. The minimum atomic E-state index is -1.72. The second kappa shape index (κ2) is 14.2. The van der Waals surface area contributed by atoms with Crippen LogP contribution in [0.25, 0.3) is 11.0 Å². The Kier molecular flexibility index (Phi) is 10.8. The van der Waals surface area contributed by atoms with Crippen LogP contribution in [0.15, 0.2) is 48.0 Å². The number of halogens is 1. The van der Waals surface area contributed by atoms with Crippen molar-refractivity contribution in [3.8, 4) is 0 Å². The van der Waals surface area contributed by atoms with E-state index in [9.17, 15) is 4.79 Å². The highest BCUT2D eigenvalue weighted by atomic mass is 33.1. The van der Waals surface area contributed by atoms with Gasteiger partial charge in [0.05, 0.1) is 30.1 Å². The Morgan fingerprint density at radius 2 is 2.02 bits per heavy atom. The molecule has 0 radical (unpaired) electrons. The molecule has 2 unspecified atom stereocenters. The van der Waals surface area contributed by atoms with Crippen LogP contribution in [-0.2, 0) is 32.0 Å². The number of carbonyl (C=O) groups is 1. The Morgan fingerprint density at radius 1 is 1.30 bits per heavy atom. The van der Waals surface area contributed by atoms with Crippen LogP contribution < -0.4 is 5.32 Å². The molecule has 43 heavy (non-hydrogen) atoms. The Bertz CT molecular complexity index is 1350. The maximum atomic E-state index is 16.1. The minimum absolute atomic E-state index is 0.0610. The first-order valence-electron chi connectivity index (χ1n) is 15.1. The fourth-order valence-corrected chi connectivity index (χ4v) is 8.89. The van der Waals surface area contributed by atoms with Crippen LogP contribution in [0.5, 0.6) is 0 Å². The topological polar surface area (TPSA) is 81.1 Å². The van der Waals surface area contributed by atoms with Crippen LogP contribution in [-0.4, -0.2) is 73.1 Å². The van der Waals surface area contributed by atoms with Gasteiger partial charge < -0.3 is 28.6 Å². The van der Waals surface area contributed by atoms with Gasteiger partial charge in [0, 0.05) is 42.4 Å². The average Bonchev–Trinajstić information content (AvgIpc) is 3.44. The molecule has 0 bridgehead atoms. The maximum absolute atomic E-state index is 16.1. The minimum Gasteiger partial charge on any atom is -0.349 e. The number of aromatic nitrogens is 2. The van der Waals surface area contributed by atoms with Crippen molar-refractivity contribution < 1.29 is 24.3 Å². The van der Waals surface area contributed by atoms with Crippen LogP contribution >= 0.6 is 30.1 Å². The van der Waals surface area contributed by atoms with Gasteiger partial charge in [-0.25, -0.2) is 14.0 Å². The van der Waals surface area contributed by atoms with E-state index >= 15 is 4.39 Å². The van der Waals surface area contributed by atoms with Crippen LogP contribution in [0.1, 0.15) is 62.3 Å². The highest BCUT2D eigenvalue weighted by molar-refractivity contribution is 8.77. The molecule has 2 aromatic rings. The van der Waals surface area contributed by atoms with Gasteiger partial charge in [-0.3, -0.25) is 4.79 Å². The van der Waals surface area contributed by atoms with Crippen molar-refractivity contribution in [1.82, 2.24) is 24.4 Å². The Morgan fingerprint density at radius 3 is 2.65 bits per heavy atom. The highest BCUT2D eigenvalue weighted by Crippen LogP contribution is 2.50. The van der Waals surface area contributed by atoms with Crippen LogP contribution in [0.4, 0.5) is 4.39 Å². The molecule has 5 atom stereocenters. The van der Waals surface area contributed by atoms with Gasteiger partial charge in [-0.15, -0.1) is 0 Å². The summed E-state index contributed by atoms with van der Waals surface area (Å²) in [6.07, 6.45) is 0.611. The Balaban J connectivity index is 1.55. The van der Waals surface area contributed by atoms with Crippen LogP contribution in [0.2, 0.25) is 0 Å². The molecule has 0 aliphatic carbocycles. The molecule has 13 heteroatoms. The molecule has 1 fully saturated rings. The number of alkyl halides is 1. The molecular formula is C30H45FN5O4PS2. The molecular weight excluding hydrogens is 608 g/mol. The number of ether oxygens (including phenoxy) is 1. The molecule has 1 saturated heterocycles. The number of rotatable bonds is 12. The monoisotopic (exact) mass is 654 g/mol. The molecule has 1 aromatic carbocycles. The Hall–Kier alpha value is -1.66. The van der Waals surface area contributed by atoms with Gasteiger partial charge in [-0.05, 0) is 58.7 Å². The summed E-state index contributed by atoms with van der Waals surface area (Å²) in [5.74, 6) is -0.131. The van der Waals surface area contributed by atoms with Crippen molar-refractivity contribution in [3.05, 3.63) is 48.7 Å². The summed E-state index contributed by atoms with van der Waals surface area (Å²) in [5, 5.41) is 2.57. The zero-order valence-electron chi connectivity index (χ0n) is 27.2. The van der Waals surface area contributed by atoms with Gasteiger partial charge in [0.1, 0.15) is 11.9 Å². The van der Waals surface area contributed by atoms with E-state index in [1.165, 1.54) is 17.2 Å². The lowest BCUT2D eigenvalue weighted by Gasteiger charge is -2.37. The smallest absolute Gasteiger partial charge is 0.259 e. The summed E-state index contributed by atoms with van der Waals surface area (Å²) < 4.78 is 47.4. The zero-order valence-corrected chi connectivity index (χ0v) is 28.8. The van der Waals surface area contributed by atoms with Crippen molar-refractivity contribution in [2.24, 2.45) is 7.05 Å². The van der Waals surface area contributed by atoms with Crippen molar-refractivity contribution in [3.63, 3.8) is 0 Å². The van der Waals surface area contributed by atoms with Crippen molar-refractivity contribution in [2.75, 3.05) is 6.61 Å². The summed E-state index contributed by atoms with van der Waals surface area (Å²) in [7, 11) is 3.84. The largest absolute Gasteiger partial charge is 0.349 e. The third kappa shape index (κ3) is 8.34. The van der Waals surface area contributed by atoms with Gasteiger partial charge in [0.15, 0.2) is 12.4 Å². The fraction of sp³-hybridized carbons (Fsp3) is 0.600. The first-order chi connectivity index (χ1) is 20.7. The molecule has 1 amide bonds. The number of imidazole rings is 1. The fourth-order valence-electron chi connectivity index (χ4n) is 4.87. The quantitative estimate of drug-likeness (QED) is 0.194. The number of nitrogens with one attached hydrogen (secondary N) is 1. The summed E-state index contributed by atoms with van der Waals surface area (Å²) in [5.41, 5.74) is 3.12. The molecule has 2 aliphatic rings. The van der Waals surface area contributed by atoms with E-state index in [0.29, 0.717) is 13.0 Å². The lowest BCUT2D eigenvalue weighted by molar-refractivity contribution is -0.117. The SMILES string of the molecule is [2H]C[C@H]1O[C@@H](N2C=CC(=O)NC2=C)[C@@H](F)C1OP(OCCc1cc2ncn(C)c2cc1SSC(C)(C)C)N(C(C)C)C(C)C. The number of benzene rings is 1. The van der Waals surface area contributed by atoms with E-state index in [1.54, 1.807) is 10.8 Å². The van der Waals surface area contributed by atoms with Gasteiger partial charge in [0.25, 0.3) is 14.4 Å². The molecule has 0 saturated carbocycles. The standard InChI is InChI=1S/C30H45FN5O4PS2/c1-18(2)36(19(3)4)41(40-28-20(5)39-29(27(28)31)35-13-11-26(37)33-21(35)6)38-14-12-22-15-23-24(34(10)17-32-23)16-25(22)42-43-30(7,8)9/h11,13,15-20,27-29H,6,12,14H2,1-5,7-10H3,(H,33,37)/t20-,27+,28?,29-,41?/m1/s1/i5D. The number of hydrogen-bond acceptors (Lipinski definition) is 9. The molecule has 9 nitrogen and oxygen atoms in total. The zero-order chi connectivity index (χ0) is 32.3. The van der Waals surface area contributed by atoms with Gasteiger partial charge in [-0.2, -0.15) is 0 Å². The van der Waals surface area contributed by atoms with Crippen molar-refractivity contribution in [1.29, 1.82) is 0 Å². The summed E-state index contributed by atoms with van der Waals surface area (Å²) >= 11 is 0. The predicted molar refractivity (Wildman–Crippen MR) is 175 cm³/mol. The lowest BCUT2D eigenvalue weighted by atomic mass is 10.1. The summed E-state index contributed by atoms with van der Waals surface area (Å²) in [4.78, 5) is 18.9. The molecule has 1 N–H and O–H groups in total. The number of hydrogen-bond donors (Lipinski definition) is 1. The molecule has 238 valence electrons. The number of fused-ring (bicyclic) bond motifs is 1. The van der Waals surface area contributed by atoms with E-state index in [2.05, 4.69) is 82.1 Å². The molecule has 2 aliphatic heterocycles.